The average molecular weight is 445 g/mol. The number of nitrogens with zero attached hydrogens (tertiary/aromatic N) is 1. The first-order valence-electron chi connectivity index (χ1n) is 5.88. The molecule has 1 atom stereocenters. The number of hydrogen-bond acceptors (Lipinski definition) is 1. The number of halogens is 17. The molecule has 2 heterocycles. The van der Waals surface area contributed by atoms with Crippen molar-refractivity contribution in [2.45, 2.75) is 53.4 Å². The van der Waals surface area contributed by atoms with Crippen LogP contribution >= 0.6 is 0 Å². The van der Waals surface area contributed by atoms with E-state index in [1.165, 1.54) is 0 Å². The van der Waals surface area contributed by atoms with Gasteiger partial charge in [0.1, 0.15) is 0 Å². The lowest BCUT2D eigenvalue weighted by Gasteiger charge is -2.41. The highest BCUT2D eigenvalue weighted by molar-refractivity contribution is 5.30. The van der Waals surface area contributed by atoms with Crippen molar-refractivity contribution in [2.24, 2.45) is 0 Å². The Balaban J connectivity index is 3.15. The standard InChI is InChI=1S/C9F17N/c10-1(11)2(12,13)5(18,19)8(23,24)27-7(22,3(1,14)15)4(16,17)6(20,21)9(27,25)26. The van der Waals surface area contributed by atoms with Crippen molar-refractivity contribution in [3.63, 3.8) is 0 Å². The lowest BCUT2D eigenvalue weighted by Crippen LogP contribution is -2.72. The largest absolute Gasteiger partial charge is 0.393 e. The quantitative estimate of drug-likeness (QED) is 0.376. The lowest BCUT2D eigenvalue weighted by atomic mass is 9.90. The second-order valence-electron chi connectivity index (χ2n) is 5.49. The molecule has 2 rings (SSSR count). The molecular formula is C9F17N. The van der Waals surface area contributed by atoms with E-state index < -0.39 is 58.3 Å². The van der Waals surface area contributed by atoms with Crippen molar-refractivity contribution >= 4 is 0 Å². The van der Waals surface area contributed by atoms with Crippen LogP contribution in [0.25, 0.3) is 0 Å². The number of fused-ring (bicyclic) bond motifs is 1. The van der Waals surface area contributed by atoms with Crippen molar-refractivity contribution in [3.8, 4) is 0 Å². The summed E-state index contributed by atoms with van der Waals surface area (Å²) < 4.78 is 226. The third-order valence-electron chi connectivity index (χ3n) is 4.03. The minimum atomic E-state index is -8.31. The normalized spacial score (nSPS) is 39.4. The molecule has 160 valence electrons. The topological polar surface area (TPSA) is 3.24 Å². The Labute approximate surface area is 134 Å². The molecular weight excluding hydrogens is 445 g/mol. The Morgan fingerprint density at radius 3 is 0.852 bits per heavy atom. The summed E-state index contributed by atoms with van der Waals surface area (Å²) in [4.78, 5) is -4.30. The summed E-state index contributed by atoms with van der Waals surface area (Å²) in [5, 5.41) is 0. The van der Waals surface area contributed by atoms with Crippen molar-refractivity contribution in [3.05, 3.63) is 0 Å². The smallest absolute Gasteiger partial charge is 0.212 e. The van der Waals surface area contributed by atoms with E-state index in [1.807, 2.05) is 0 Å². The van der Waals surface area contributed by atoms with Gasteiger partial charge in [0.25, 0.3) is 0 Å². The van der Waals surface area contributed by atoms with Crippen LogP contribution < -0.4 is 0 Å². The van der Waals surface area contributed by atoms with Gasteiger partial charge < -0.3 is 0 Å². The van der Waals surface area contributed by atoms with E-state index in [0.717, 1.165) is 0 Å². The third kappa shape index (κ3) is 1.63. The second kappa shape index (κ2) is 4.50. The molecule has 2 aliphatic rings. The molecule has 0 N–H and O–H groups in total. The van der Waals surface area contributed by atoms with Crippen molar-refractivity contribution in [1.29, 1.82) is 0 Å². The number of rotatable bonds is 0. The first kappa shape index (κ1) is 22.1. The van der Waals surface area contributed by atoms with Crippen LogP contribution in [0, 0.1) is 0 Å². The van der Waals surface area contributed by atoms with Gasteiger partial charge in [-0.2, -0.15) is 70.2 Å². The molecule has 0 aromatic rings. The highest BCUT2D eigenvalue weighted by Gasteiger charge is 3.08. The Hall–Kier alpha value is -1.23. The summed E-state index contributed by atoms with van der Waals surface area (Å²) in [5.41, 5.74) is 0. The maximum Gasteiger partial charge on any atom is 0.393 e. The van der Waals surface area contributed by atoms with Crippen LogP contribution in [-0.2, 0) is 0 Å². The zero-order valence-electron chi connectivity index (χ0n) is 11.4. The van der Waals surface area contributed by atoms with Gasteiger partial charge in [-0.05, 0) is 0 Å². The average Bonchev–Trinajstić information content (AvgIpc) is 2.51. The monoisotopic (exact) mass is 445 g/mol. The molecule has 0 spiro atoms. The van der Waals surface area contributed by atoms with Crippen LogP contribution in [0.15, 0.2) is 0 Å². The summed E-state index contributed by atoms with van der Waals surface area (Å²) in [5.74, 6) is -56.7. The van der Waals surface area contributed by atoms with E-state index in [2.05, 4.69) is 0 Å². The van der Waals surface area contributed by atoms with E-state index >= 15 is 0 Å². The van der Waals surface area contributed by atoms with Crippen LogP contribution in [0.1, 0.15) is 0 Å². The van der Waals surface area contributed by atoms with E-state index in [0.29, 0.717) is 0 Å². The third-order valence-corrected chi connectivity index (χ3v) is 4.03. The van der Waals surface area contributed by atoms with Gasteiger partial charge in [-0.25, -0.2) is 4.39 Å². The van der Waals surface area contributed by atoms with Crippen LogP contribution in [0.3, 0.4) is 0 Å². The molecule has 0 radical (unpaired) electrons. The van der Waals surface area contributed by atoms with Gasteiger partial charge in [-0.3, -0.25) is 0 Å². The first-order valence-corrected chi connectivity index (χ1v) is 5.88. The van der Waals surface area contributed by atoms with E-state index in [9.17, 15) is 74.6 Å². The van der Waals surface area contributed by atoms with Gasteiger partial charge >= 0.3 is 53.4 Å². The summed E-state index contributed by atoms with van der Waals surface area (Å²) in [6, 6.07) is -15.8. The minimum absolute atomic E-state index is 4.30. The molecule has 0 aromatic heterocycles. The SMILES string of the molecule is FC1(F)N2C(F)(F)C(F)(F)C(F)(F)C2(F)C(F)(F)C(F)(F)C(F)(F)C1(F)F. The maximum absolute atomic E-state index is 14.1. The van der Waals surface area contributed by atoms with Gasteiger partial charge in [0, 0.05) is 0 Å². The van der Waals surface area contributed by atoms with Gasteiger partial charge in [-0.15, -0.1) is 4.90 Å². The van der Waals surface area contributed by atoms with Gasteiger partial charge in [0.15, 0.2) is 0 Å². The maximum atomic E-state index is 14.1. The Kier molecular flexibility index (Phi) is 3.68. The van der Waals surface area contributed by atoms with Crippen LogP contribution in [0.5, 0.6) is 0 Å². The van der Waals surface area contributed by atoms with Crippen LogP contribution in [0.2, 0.25) is 0 Å². The Morgan fingerprint density at radius 2 is 0.519 bits per heavy atom. The molecule has 0 amide bonds. The zero-order chi connectivity index (χ0) is 22.1. The summed E-state index contributed by atoms with van der Waals surface area (Å²) in [7, 11) is 0. The molecule has 2 aliphatic heterocycles. The lowest BCUT2D eigenvalue weighted by molar-refractivity contribution is -0.421. The fourth-order valence-corrected chi connectivity index (χ4v) is 2.51. The Bertz CT molecular complexity index is 661. The number of alkyl halides is 17. The highest BCUT2D eigenvalue weighted by atomic mass is 19.4. The fourth-order valence-electron chi connectivity index (χ4n) is 2.51. The molecule has 1 nitrogen and oxygen atoms in total. The van der Waals surface area contributed by atoms with E-state index in [4.69, 9.17) is 0 Å². The second-order valence-corrected chi connectivity index (χ2v) is 5.49. The molecule has 0 bridgehead atoms. The molecule has 1 unspecified atom stereocenters. The molecule has 27 heavy (non-hydrogen) atoms. The zero-order valence-corrected chi connectivity index (χ0v) is 11.4. The van der Waals surface area contributed by atoms with Crippen molar-refractivity contribution < 1.29 is 74.6 Å². The van der Waals surface area contributed by atoms with E-state index in [-0.39, 0.29) is 0 Å². The van der Waals surface area contributed by atoms with E-state index in [1.54, 1.807) is 0 Å². The fraction of sp³-hybridized carbons (Fsp3) is 1.00. The predicted molar refractivity (Wildman–Crippen MR) is 45.3 cm³/mol. The highest BCUT2D eigenvalue weighted by Crippen LogP contribution is 2.75. The molecule has 0 aromatic carbocycles. The van der Waals surface area contributed by atoms with Crippen molar-refractivity contribution in [1.82, 2.24) is 4.90 Å². The number of hydrogen-bond donors (Lipinski definition) is 0. The van der Waals surface area contributed by atoms with Gasteiger partial charge in [0.2, 0.25) is 0 Å². The summed E-state index contributed by atoms with van der Waals surface area (Å²) in [6.07, 6.45) is 0. The van der Waals surface area contributed by atoms with Gasteiger partial charge in [-0.1, -0.05) is 0 Å². The summed E-state index contributed by atoms with van der Waals surface area (Å²) >= 11 is 0. The first-order chi connectivity index (χ1) is 11.4. The minimum Gasteiger partial charge on any atom is -0.212 e. The predicted octanol–water partition coefficient (Wildman–Crippen LogP) is 4.98. The Morgan fingerprint density at radius 1 is 0.296 bits per heavy atom. The molecule has 0 saturated carbocycles. The molecule has 2 fully saturated rings. The van der Waals surface area contributed by atoms with Crippen molar-refractivity contribution in [2.75, 3.05) is 0 Å². The molecule has 0 aliphatic carbocycles. The van der Waals surface area contributed by atoms with Gasteiger partial charge in [0.05, 0.1) is 0 Å². The molecule has 2 saturated heterocycles. The summed E-state index contributed by atoms with van der Waals surface area (Å²) in [6.45, 7) is 0. The molecule has 18 heteroatoms. The van der Waals surface area contributed by atoms with Crippen LogP contribution in [-0.4, -0.2) is 58.3 Å². The van der Waals surface area contributed by atoms with Crippen LogP contribution in [0.4, 0.5) is 74.6 Å².